The second-order valence-electron chi connectivity index (χ2n) is 6.64. The molecule has 0 atom stereocenters. The van der Waals surface area contributed by atoms with Crippen molar-refractivity contribution in [2.45, 2.75) is 24.0 Å². The molecule has 0 saturated carbocycles. The smallest absolute Gasteiger partial charge is 0.341 e. The van der Waals surface area contributed by atoms with E-state index in [1.54, 1.807) is 6.92 Å². The van der Waals surface area contributed by atoms with Crippen LogP contribution in [0.25, 0.3) is 0 Å². The van der Waals surface area contributed by atoms with Crippen molar-refractivity contribution >= 4 is 59.5 Å². The van der Waals surface area contributed by atoms with Gasteiger partial charge >= 0.3 is 5.97 Å². The number of carbonyl (C=O) groups is 2. The third-order valence-corrected chi connectivity index (χ3v) is 8.87. The van der Waals surface area contributed by atoms with Crippen LogP contribution in [0.15, 0.2) is 23.1 Å². The van der Waals surface area contributed by atoms with E-state index in [0.717, 1.165) is 23.7 Å². The molecule has 0 bridgehead atoms. The van der Waals surface area contributed by atoms with Crippen LogP contribution in [0.2, 0.25) is 5.02 Å². The fourth-order valence-electron chi connectivity index (χ4n) is 3.03. The lowest BCUT2D eigenvalue weighted by atomic mass is 10.1. The van der Waals surface area contributed by atoms with Crippen molar-refractivity contribution in [2.24, 2.45) is 0 Å². The highest BCUT2D eigenvalue weighted by Crippen LogP contribution is 2.38. The van der Waals surface area contributed by atoms with E-state index in [1.165, 1.54) is 12.1 Å². The lowest BCUT2D eigenvalue weighted by molar-refractivity contribution is 0.0526. The van der Waals surface area contributed by atoms with Gasteiger partial charge in [-0.2, -0.15) is 0 Å². The Morgan fingerprint density at radius 3 is 2.63 bits per heavy atom. The fourth-order valence-corrected chi connectivity index (χ4v) is 7.37. The van der Waals surface area contributed by atoms with Crippen LogP contribution in [0.4, 0.5) is 5.00 Å². The number of halogens is 1. The van der Waals surface area contributed by atoms with Crippen molar-refractivity contribution in [2.75, 3.05) is 23.9 Å². The molecule has 0 unspecified atom stereocenters. The first-order valence-electron chi connectivity index (χ1n) is 8.76. The number of benzene rings is 1. The molecular formula is C18H18ClNO7S3. The van der Waals surface area contributed by atoms with E-state index in [2.05, 4.69) is 5.32 Å². The van der Waals surface area contributed by atoms with Crippen molar-refractivity contribution in [3.63, 3.8) is 0 Å². The van der Waals surface area contributed by atoms with Gasteiger partial charge in [0.25, 0.3) is 5.91 Å². The normalized spacial score (nSPS) is 15.3. The van der Waals surface area contributed by atoms with Crippen molar-refractivity contribution in [1.82, 2.24) is 0 Å². The molecule has 1 amide bonds. The topological polar surface area (TPSA) is 124 Å². The predicted molar refractivity (Wildman–Crippen MR) is 114 cm³/mol. The minimum atomic E-state index is -3.66. The summed E-state index contributed by atoms with van der Waals surface area (Å²) < 4.78 is 52.7. The second-order valence-corrected chi connectivity index (χ2v) is 12.3. The molecule has 2 heterocycles. The average molecular weight is 492 g/mol. The molecule has 0 radical (unpaired) electrons. The van der Waals surface area contributed by atoms with Gasteiger partial charge < -0.3 is 10.1 Å². The second kappa shape index (κ2) is 8.29. The predicted octanol–water partition coefficient (Wildman–Crippen LogP) is 2.70. The molecule has 2 aromatic rings. The zero-order valence-electron chi connectivity index (χ0n) is 16.0. The van der Waals surface area contributed by atoms with E-state index >= 15 is 0 Å². The Hall–Kier alpha value is -1.95. The number of anilines is 1. The van der Waals surface area contributed by atoms with Crippen LogP contribution in [-0.2, 0) is 36.6 Å². The summed E-state index contributed by atoms with van der Waals surface area (Å²) in [5, 5.41) is 2.74. The molecule has 0 saturated heterocycles. The van der Waals surface area contributed by atoms with Gasteiger partial charge in [-0.05, 0) is 37.1 Å². The number of sulfone groups is 2. The van der Waals surface area contributed by atoms with Crippen molar-refractivity contribution in [3.8, 4) is 0 Å². The molecule has 1 aromatic heterocycles. The third kappa shape index (κ3) is 4.69. The maximum atomic E-state index is 12.8. The molecule has 1 N–H and O–H groups in total. The molecule has 30 heavy (non-hydrogen) atoms. The van der Waals surface area contributed by atoms with Gasteiger partial charge in [0.05, 0.1) is 33.6 Å². The molecule has 0 spiro atoms. The maximum Gasteiger partial charge on any atom is 0.341 e. The van der Waals surface area contributed by atoms with Crippen molar-refractivity contribution in [1.29, 1.82) is 0 Å². The molecule has 8 nitrogen and oxygen atoms in total. The van der Waals surface area contributed by atoms with Crippen LogP contribution in [-0.4, -0.2) is 47.3 Å². The van der Waals surface area contributed by atoms with Gasteiger partial charge in [-0.15, -0.1) is 11.3 Å². The van der Waals surface area contributed by atoms with E-state index < -0.39 is 31.6 Å². The van der Waals surface area contributed by atoms with Gasteiger partial charge in [0.2, 0.25) is 0 Å². The summed E-state index contributed by atoms with van der Waals surface area (Å²) in [7, 11) is -6.94. The highest BCUT2D eigenvalue weighted by atomic mass is 35.5. The summed E-state index contributed by atoms with van der Waals surface area (Å²) in [5.41, 5.74) is 0.711. The Kier molecular flexibility index (Phi) is 6.28. The van der Waals surface area contributed by atoms with Gasteiger partial charge in [-0.3, -0.25) is 4.79 Å². The Bertz CT molecular complexity index is 1250. The number of amides is 1. The SMILES string of the molecule is CCOC(=O)c1c(NC(=O)c2ccc(Cl)c(S(C)(=O)=O)c2)sc2c1CCS(=O)(=O)C2. The minimum Gasteiger partial charge on any atom is -0.462 e. The Labute approximate surface area is 183 Å². The number of thiophene rings is 1. The van der Waals surface area contributed by atoms with E-state index in [-0.39, 0.29) is 50.6 Å². The molecule has 1 aliphatic heterocycles. The molecule has 12 heteroatoms. The van der Waals surface area contributed by atoms with Crippen LogP contribution < -0.4 is 5.32 Å². The van der Waals surface area contributed by atoms with Gasteiger partial charge in [-0.1, -0.05) is 11.6 Å². The van der Waals surface area contributed by atoms with E-state index in [0.29, 0.717) is 10.4 Å². The van der Waals surface area contributed by atoms with E-state index in [4.69, 9.17) is 16.3 Å². The number of nitrogens with one attached hydrogen (secondary N) is 1. The molecule has 3 rings (SSSR count). The molecule has 0 aliphatic carbocycles. The number of hydrogen-bond acceptors (Lipinski definition) is 8. The average Bonchev–Trinajstić information content (AvgIpc) is 2.96. The highest BCUT2D eigenvalue weighted by molar-refractivity contribution is 7.91. The monoisotopic (exact) mass is 491 g/mol. The van der Waals surface area contributed by atoms with E-state index in [1.807, 2.05) is 0 Å². The standard InChI is InChI=1S/C18H18ClNO7S3/c1-3-27-18(22)15-11-6-7-30(25,26)9-13(11)28-17(15)20-16(21)10-4-5-12(19)14(8-10)29(2,23)24/h4-5,8H,3,6-7,9H2,1-2H3,(H,20,21). The van der Waals surface area contributed by atoms with Crippen molar-refractivity contribution in [3.05, 3.63) is 44.8 Å². The fraction of sp³-hybridized carbons (Fsp3) is 0.333. The van der Waals surface area contributed by atoms with Gasteiger partial charge in [0, 0.05) is 16.7 Å². The number of rotatable bonds is 5. The van der Waals surface area contributed by atoms with Gasteiger partial charge in [0.1, 0.15) is 5.00 Å². The first-order chi connectivity index (χ1) is 13.9. The van der Waals surface area contributed by atoms with Crippen LogP contribution >= 0.6 is 22.9 Å². The highest BCUT2D eigenvalue weighted by Gasteiger charge is 2.32. The first kappa shape index (κ1) is 22.7. The third-order valence-electron chi connectivity index (χ3n) is 4.40. The van der Waals surface area contributed by atoms with Gasteiger partial charge in [0.15, 0.2) is 19.7 Å². The first-order valence-corrected chi connectivity index (χ1v) is 13.7. The number of ether oxygens (including phenoxy) is 1. The lowest BCUT2D eigenvalue weighted by Gasteiger charge is -2.13. The summed E-state index contributed by atoms with van der Waals surface area (Å²) in [6.45, 7) is 1.75. The Morgan fingerprint density at radius 1 is 1.30 bits per heavy atom. The molecule has 162 valence electrons. The summed E-state index contributed by atoms with van der Waals surface area (Å²) >= 11 is 6.91. The molecule has 1 aromatic carbocycles. The lowest BCUT2D eigenvalue weighted by Crippen LogP contribution is -2.20. The largest absolute Gasteiger partial charge is 0.462 e. The number of fused-ring (bicyclic) bond motifs is 1. The van der Waals surface area contributed by atoms with E-state index in [9.17, 15) is 26.4 Å². The molecule has 1 aliphatic rings. The number of esters is 1. The zero-order chi connectivity index (χ0) is 22.3. The summed E-state index contributed by atoms with van der Waals surface area (Å²) in [6.07, 6.45) is 1.12. The summed E-state index contributed by atoms with van der Waals surface area (Å²) in [5.74, 6) is -1.62. The zero-order valence-corrected chi connectivity index (χ0v) is 19.2. The van der Waals surface area contributed by atoms with Crippen LogP contribution in [0, 0.1) is 0 Å². The maximum absolute atomic E-state index is 12.8. The Morgan fingerprint density at radius 2 is 2.00 bits per heavy atom. The molecular weight excluding hydrogens is 474 g/mol. The van der Waals surface area contributed by atoms with Crippen molar-refractivity contribution < 1.29 is 31.2 Å². The Balaban J connectivity index is 2.01. The number of carbonyl (C=O) groups excluding carboxylic acids is 2. The summed E-state index contributed by atoms with van der Waals surface area (Å²) in [4.78, 5) is 25.5. The molecule has 0 fully saturated rings. The number of hydrogen-bond donors (Lipinski definition) is 1. The van der Waals surface area contributed by atoms with Crippen LogP contribution in [0.5, 0.6) is 0 Å². The summed E-state index contributed by atoms with van der Waals surface area (Å²) in [6, 6.07) is 3.80. The van der Waals surface area contributed by atoms with Gasteiger partial charge in [-0.25, -0.2) is 21.6 Å². The van der Waals surface area contributed by atoms with Crippen LogP contribution in [0.1, 0.15) is 38.1 Å². The quantitative estimate of drug-likeness (QED) is 0.637. The minimum absolute atomic E-state index is 0.0157. The van der Waals surface area contributed by atoms with Crippen LogP contribution in [0.3, 0.4) is 0 Å².